The monoisotopic (exact) mass is 238 g/mol. The molecule has 0 aliphatic carbocycles. The third-order valence-electron chi connectivity index (χ3n) is 1.99. The number of aliphatic hydroxyl groups excluding tert-OH is 1. The molecule has 3 N–H and O–H groups in total. The Morgan fingerprint density at radius 2 is 2.35 bits per heavy atom. The van der Waals surface area contributed by atoms with Crippen LogP contribution in [0.15, 0.2) is 27.4 Å². The first-order chi connectivity index (χ1) is 8.19. The van der Waals surface area contributed by atoms with Crippen molar-refractivity contribution in [2.75, 3.05) is 18.5 Å². The Kier molecular flexibility index (Phi) is 3.10. The van der Waals surface area contributed by atoms with E-state index < -0.39 is 11.8 Å². The van der Waals surface area contributed by atoms with Gasteiger partial charge in [0.05, 0.1) is 12.1 Å². The minimum absolute atomic E-state index is 0.0728. The molecule has 0 fully saturated rings. The lowest BCUT2D eigenvalue weighted by Gasteiger charge is -2.05. The van der Waals surface area contributed by atoms with Crippen LogP contribution in [0, 0.1) is 0 Å². The van der Waals surface area contributed by atoms with Crippen molar-refractivity contribution in [3.63, 3.8) is 0 Å². The average Bonchev–Trinajstić information content (AvgIpc) is 2.65. The van der Waals surface area contributed by atoms with E-state index in [0.717, 1.165) is 0 Å². The Morgan fingerprint density at radius 3 is 3.12 bits per heavy atom. The number of ether oxygens (including phenoxy) is 1. The first kappa shape index (κ1) is 11.2. The second-order valence-electron chi connectivity index (χ2n) is 3.21. The minimum Gasteiger partial charge on any atom is -0.447 e. The summed E-state index contributed by atoms with van der Waals surface area (Å²) in [5.74, 6) is -0.556. The number of hydrogen-bond donors (Lipinski definition) is 3. The van der Waals surface area contributed by atoms with E-state index in [2.05, 4.69) is 15.0 Å². The van der Waals surface area contributed by atoms with Gasteiger partial charge >= 0.3 is 11.8 Å². The molecule has 1 aromatic carbocycles. The molecule has 0 unspecified atom stereocenters. The van der Waals surface area contributed by atoms with Crippen LogP contribution in [0.4, 0.5) is 10.5 Å². The molecule has 0 radical (unpaired) electrons. The summed E-state index contributed by atoms with van der Waals surface area (Å²) < 4.78 is 9.42. The molecule has 0 aliphatic heterocycles. The van der Waals surface area contributed by atoms with Gasteiger partial charge in [-0.15, -0.1) is 0 Å². The Morgan fingerprint density at radius 1 is 1.53 bits per heavy atom. The van der Waals surface area contributed by atoms with E-state index in [-0.39, 0.29) is 13.2 Å². The Balaban J connectivity index is 2.13. The topological polar surface area (TPSA) is 105 Å². The van der Waals surface area contributed by atoms with E-state index in [0.29, 0.717) is 16.8 Å². The van der Waals surface area contributed by atoms with Gasteiger partial charge in [0.2, 0.25) is 0 Å². The number of aromatic nitrogens is 1. The highest BCUT2D eigenvalue weighted by Crippen LogP contribution is 2.16. The molecule has 0 bridgehead atoms. The molecule has 0 atom stereocenters. The van der Waals surface area contributed by atoms with E-state index in [1.165, 1.54) is 0 Å². The normalized spacial score (nSPS) is 10.4. The van der Waals surface area contributed by atoms with Gasteiger partial charge in [-0.2, -0.15) is 0 Å². The van der Waals surface area contributed by atoms with Crippen molar-refractivity contribution < 1.29 is 19.1 Å². The summed E-state index contributed by atoms with van der Waals surface area (Å²) in [4.78, 5) is 24.5. The second-order valence-corrected chi connectivity index (χ2v) is 3.21. The largest absolute Gasteiger partial charge is 0.447 e. The molecule has 2 aromatic rings. The number of fused-ring (bicyclic) bond motifs is 1. The summed E-state index contributed by atoms with van der Waals surface area (Å²) in [6, 6.07) is 4.66. The molecule has 7 nitrogen and oxygen atoms in total. The zero-order valence-electron chi connectivity index (χ0n) is 8.73. The fourth-order valence-corrected chi connectivity index (χ4v) is 1.32. The van der Waals surface area contributed by atoms with Crippen LogP contribution in [0.2, 0.25) is 0 Å². The molecule has 0 spiro atoms. The van der Waals surface area contributed by atoms with E-state index in [9.17, 15) is 9.59 Å². The van der Waals surface area contributed by atoms with Crippen molar-refractivity contribution in [3.05, 3.63) is 28.7 Å². The average molecular weight is 238 g/mol. The lowest BCUT2D eigenvalue weighted by molar-refractivity contribution is 0.131. The molecule has 1 aromatic heterocycles. The van der Waals surface area contributed by atoms with Crippen molar-refractivity contribution in [2.45, 2.75) is 0 Å². The van der Waals surface area contributed by atoms with Gasteiger partial charge < -0.3 is 14.3 Å². The number of H-pyrrole nitrogens is 1. The minimum atomic E-state index is -0.677. The smallest absolute Gasteiger partial charge is 0.417 e. The Labute approximate surface area is 95.0 Å². The van der Waals surface area contributed by atoms with Crippen molar-refractivity contribution in [1.82, 2.24) is 4.98 Å². The van der Waals surface area contributed by atoms with Crippen LogP contribution in [0.25, 0.3) is 11.1 Å². The maximum absolute atomic E-state index is 11.2. The van der Waals surface area contributed by atoms with E-state index >= 15 is 0 Å². The lowest BCUT2D eigenvalue weighted by Crippen LogP contribution is -2.15. The summed E-state index contributed by atoms with van der Waals surface area (Å²) in [5.41, 5.74) is 1.34. The number of aliphatic hydroxyl groups is 1. The lowest BCUT2D eigenvalue weighted by atomic mass is 10.3. The fraction of sp³-hybridized carbons (Fsp3) is 0.200. The predicted octanol–water partition coefficient (Wildman–Crippen LogP) is 0.662. The maximum atomic E-state index is 11.2. The standard InChI is InChI=1S/C10H10N2O5/c13-3-4-16-9(14)11-6-1-2-8-7(5-6)12-10(15)17-8/h1-2,5,13H,3-4H2,(H,11,14)(H,12,15). The molecule has 0 saturated heterocycles. The number of carbonyl (C=O) groups is 1. The van der Waals surface area contributed by atoms with Gasteiger partial charge in [0.25, 0.3) is 0 Å². The fourth-order valence-electron chi connectivity index (χ4n) is 1.32. The second kappa shape index (κ2) is 4.71. The number of anilines is 1. The zero-order valence-corrected chi connectivity index (χ0v) is 8.73. The molecule has 90 valence electrons. The van der Waals surface area contributed by atoms with Gasteiger partial charge in [0.15, 0.2) is 5.58 Å². The van der Waals surface area contributed by atoms with Crippen LogP contribution in [-0.4, -0.2) is 29.4 Å². The molecule has 7 heteroatoms. The van der Waals surface area contributed by atoms with E-state index in [4.69, 9.17) is 9.52 Å². The van der Waals surface area contributed by atoms with Crippen molar-refractivity contribution in [2.24, 2.45) is 0 Å². The van der Waals surface area contributed by atoms with Crippen LogP contribution in [0.5, 0.6) is 0 Å². The SMILES string of the molecule is O=C(Nc1ccc2oc(=O)[nH]c2c1)OCCO. The summed E-state index contributed by atoms with van der Waals surface area (Å²) in [6.45, 7) is -0.307. The number of carbonyl (C=O) groups excluding carboxylic acids is 1. The van der Waals surface area contributed by atoms with Gasteiger partial charge in [-0.3, -0.25) is 10.3 Å². The van der Waals surface area contributed by atoms with E-state index in [1.807, 2.05) is 0 Å². The van der Waals surface area contributed by atoms with Gasteiger partial charge in [-0.1, -0.05) is 0 Å². The zero-order chi connectivity index (χ0) is 12.3. The molecular weight excluding hydrogens is 228 g/mol. The van der Waals surface area contributed by atoms with Gasteiger partial charge in [-0.05, 0) is 18.2 Å². The number of rotatable bonds is 3. The first-order valence-electron chi connectivity index (χ1n) is 4.86. The molecule has 1 heterocycles. The number of oxazole rings is 1. The molecule has 0 saturated carbocycles. The highest BCUT2D eigenvalue weighted by Gasteiger charge is 2.05. The third kappa shape index (κ3) is 2.64. The van der Waals surface area contributed by atoms with Crippen LogP contribution >= 0.6 is 0 Å². The predicted molar refractivity (Wildman–Crippen MR) is 58.9 cm³/mol. The summed E-state index contributed by atoms with van der Waals surface area (Å²) in [5, 5.41) is 10.9. The summed E-state index contributed by atoms with van der Waals surface area (Å²) >= 11 is 0. The number of amides is 1. The molecule has 0 aliphatic rings. The number of hydrogen-bond acceptors (Lipinski definition) is 5. The van der Waals surface area contributed by atoms with Crippen LogP contribution < -0.4 is 11.1 Å². The van der Waals surface area contributed by atoms with Gasteiger partial charge in [0.1, 0.15) is 6.61 Å². The molecule has 1 amide bonds. The third-order valence-corrected chi connectivity index (χ3v) is 1.99. The maximum Gasteiger partial charge on any atom is 0.417 e. The highest BCUT2D eigenvalue weighted by molar-refractivity contribution is 5.88. The van der Waals surface area contributed by atoms with Crippen molar-refractivity contribution in [1.29, 1.82) is 0 Å². The van der Waals surface area contributed by atoms with Gasteiger partial charge in [0, 0.05) is 5.69 Å². The van der Waals surface area contributed by atoms with Crippen molar-refractivity contribution >= 4 is 22.9 Å². The molecule has 17 heavy (non-hydrogen) atoms. The summed E-state index contributed by atoms with van der Waals surface area (Å²) in [7, 11) is 0. The first-order valence-corrected chi connectivity index (χ1v) is 4.86. The quantitative estimate of drug-likeness (QED) is 0.728. The van der Waals surface area contributed by atoms with Crippen LogP contribution in [-0.2, 0) is 4.74 Å². The van der Waals surface area contributed by atoms with Crippen LogP contribution in [0.3, 0.4) is 0 Å². The summed E-state index contributed by atoms with van der Waals surface area (Å²) in [6.07, 6.45) is -0.677. The number of nitrogens with one attached hydrogen (secondary N) is 2. The number of benzene rings is 1. The van der Waals surface area contributed by atoms with Gasteiger partial charge in [-0.25, -0.2) is 9.59 Å². The van der Waals surface area contributed by atoms with E-state index in [1.54, 1.807) is 18.2 Å². The molecule has 2 rings (SSSR count). The van der Waals surface area contributed by atoms with Crippen molar-refractivity contribution in [3.8, 4) is 0 Å². The van der Waals surface area contributed by atoms with Crippen LogP contribution in [0.1, 0.15) is 0 Å². The number of aromatic amines is 1. The Hall–Kier alpha value is -2.28. The Bertz CT molecular complexity index is 586. The molecular formula is C10H10N2O5. The highest BCUT2D eigenvalue weighted by atomic mass is 16.6.